The van der Waals surface area contributed by atoms with Crippen LogP contribution in [0.25, 0.3) is 10.9 Å². The van der Waals surface area contributed by atoms with Gasteiger partial charge in [-0.3, -0.25) is 4.79 Å². The number of pyridine rings is 1. The van der Waals surface area contributed by atoms with Gasteiger partial charge in [0, 0.05) is 48.0 Å². The van der Waals surface area contributed by atoms with Gasteiger partial charge in [0.25, 0.3) is 5.91 Å². The largest absolute Gasteiger partial charge is 0.358 e. The molecule has 1 fully saturated rings. The molecule has 5 nitrogen and oxygen atoms in total. The third-order valence-electron chi connectivity index (χ3n) is 5.08. The van der Waals surface area contributed by atoms with E-state index in [-0.39, 0.29) is 5.91 Å². The van der Waals surface area contributed by atoms with Gasteiger partial charge >= 0.3 is 0 Å². The molecule has 0 spiro atoms. The Balaban J connectivity index is 1.54. The minimum absolute atomic E-state index is 0.0478. The zero-order valence-corrected chi connectivity index (χ0v) is 15.1. The maximum Gasteiger partial charge on any atom is 0.253 e. The summed E-state index contributed by atoms with van der Waals surface area (Å²) < 4.78 is 0. The number of amides is 1. The topological polar surface area (TPSA) is 61.0 Å². The molecule has 2 aromatic heterocycles. The average Bonchev–Trinajstić information content (AvgIpc) is 3.03. The van der Waals surface area contributed by atoms with E-state index < -0.39 is 0 Å². The molecule has 1 amide bonds. The van der Waals surface area contributed by atoms with E-state index in [1.165, 1.54) is 19.3 Å². The molecule has 1 saturated heterocycles. The summed E-state index contributed by atoms with van der Waals surface area (Å²) in [5, 5.41) is 4.05. The van der Waals surface area contributed by atoms with Gasteiger partial charge in [0.15, 0.2) is 0 Å². The summed E-state index contributed by atoms with van der Waals surface area (Å²) in [6.45, 7) is 4.51. The number of fused-ring (bicyclic) bond motifs is 1. The Morgan fingerprint density at radius 2 is 1.96 bits per heavy atom. The number of hydrogen-bond acceptors (Lipinski definition) is 3. The second kappa shape index (κ2) is 7.20. The van der Waals surface area contributed by atoms with Gasteiger partial charge in [-0.2, -0.15) is 0 Å². The molecule has 26 heavy (non-hydrogen) atoms. The SMILES string of the molecule is Cc1[nH]c2ccccc2c1C(=O)NCc1cccnc1N1CCCCC1. The Kier molecular flexibility index (Phi) is 4.61. The summed E-state index contributed by atoms with van der Waals surface area (Å²) in [5.74, 6) is 0.955. The number of nitrogens with one attached hydrogen (secondary N) is 2. The lowest BCUT2D eigenvalue weighted by Crippen LogP contribution is -2.32. The Hall–Kier alpha value is -2.82. The van der Waals surface area contributed by atoms with E-state index >= 15 is 0 Å². The van der Waals surface area contributed by atoms with Crippen molar-refractivity contribution >= 4 is 22.6 Å². The van der Waals surface area contributed by atoms with Crippen molar-refractivity contribution in [1.29, 1.82) is 0 Å². The van der Waals surface area contributed by atoms with Gasteiger partial charge in [0.05, 0.1) is 5.56 Å². The molecule has 3 heterocycles. The molecule has 3 aromatic rings. The molecule has 0 bridgehead atoms. The first-order valence-corrected chi connectivity index (χ1v) is 9.28. The first-order chi connectivity index (χ1) is 12.7. The van der Waals surface area contributed by atoms with Gasteiger partial charge in [-0.05, 0) is 38.3 Å². The smallest absolute Gasteiger partial charge is 0.253 e. The van der Waals surface area contributed by atoms with E-state index in [2.05, 4.69) is 26.3 Å². The zero-order valence-electron chi connectivity index (χ0n) is 15.1. The van der Waals surface area contributed by atoms with Gasteiger partial charge in [0.1, 0.15) is 5.82 Å². The maximum atomic E-state index is 12.8. The highest BCUT2D eigenvalue weighted by molar-refractivity contribution is 6.08. The number of H-pyrrole nitrogens is 1. The standard InChI is InChI=1S/C21H24N4O/c1-15-19(17-9-3-4-10-18(17)24-15)21(26)23-14-16-8-7-11-22-20(16)25-12-5-2-6-13-25/h3-4,7-11,24H,2,5-6,12-14H2,1H3,(H,23,26). The number of benzene rings is 1. The minimum atomic E-state index is -0.0478. The Morgan fingerprint density at radius 3 is 2.81 bits per heavy atom. The number of aromatic amines is 1. The van der Waals surface area contributed by atoms with E-state index in [1.54, 1.807) is 0 Å². The van der Waals surface area contributed by atoms with E-state index in [4.69, 9.17) is 0 Å². The number of anilines is 1. The first-order valence-electron chi connectivity index (χ1n) is 9.28. The third-order valence-corrected chi connectivity index (χ3v) is 5.08. The maximum absolute atomic E-state index is 12.8. The second-order valence-corrected chi connectivity index (χ2v) is 6.89. The lowest BCUT2D eigenvalue weighted by molar-refractivity contribution is 0.0952. The lowest BCUT2D eigenvalue weighted by Gasteiger charge is -2.29. The van der Waals surface area contributed by atoms with E-state index in [9.17, 15) is 4.79 Å². The van der Waals surface area contributed by atoms with Crippen LogP contribution in [0.1, 0.15) is 40.9 Å². The number of carbonyl (C=O) groups is 1. The number of aryl methyl sites for hydroxylation is 1. The van der Waals surface area contributed by atoms with Crippen molar-refractivity contribution in [1.82, 2.24) is 15.3 Å². The molecule has 2 N–H and O–H groups in total. The number of aromatic nitrogens is 2. The second-order valence-electron chi connectivity index (χ2n) is 6.89. The molecular formula is C21H24N4O. The van der Waals surface area contributed by atoms with Gasteiger partial charge < -0.3 is 15.2 Å². The number of para-hydroxylation sites is 1. The summed E-state index contributed by atoms with van der Waals surface area (Å²) in [6, 6.07) is 11.9. The van der Waals surface area contributed by atoms with Gasteiger partial charge in [-0.1, -0.05) is 24.3 Å². The summed E-state index contributed by atoms with van der Waals surface area (Å²) in [5.41, 5.74) is 3.68. The van der Waals surface area contributed by atoms with Crippen molar-refractivity contribution in [3.63, 3.8) is 0 Å². The van der Waals surface area contributed by atoms with E-state index in [1.807, 2.05) is 43.5 Å². The molecule has 0 aliphatic carbocycles. The Morgan fingerprint density at radius 1 is 1.15 bits per heavy atom. The van der Waals surface area contributed by atoms with Crippen LogP contribution in [0, 0.1) is 6.92 Å². The average molecular weight is 348 g/mol. The van der Waals surface area contributed by atoms with Crippen molar-refractivity contribution in [2.75, 3.05) is 18.0 Å². The predicted octanol–water partition coefficient (Wildman–Crippen LogP) is 3.79. The summed E-state index contributed by atoms with van der Waals surface area (Å²) in [6.07, 6.45) is 5.53. The van der Waals surface area contributed by atoms with Crippen LogP contribution in [0.2, 0.25) is 0 Å². The number of rotatable bonds is 4. The number of nitrogens with zero attached hydrogens (tertiary/aromatic N) is 2. The quantitative estimate of drug-likeness (QED) is 0.754. The van der Waals surface area contributed by atoms with Crippen molar-refractivity contribution in [2.45, 2.75) is 32.7 Å². The molecule has 0 saturated carbocycles. The van der Waals surface area contributed by atoms with Crippen LogP contribution >= 0.6 is 0 Å². The molecule has 0 radical (unpaired) electrons. The highest BCUT2D eigenvalue weighted by Crippen LogP contribution is 2.23. The number of hydrogen-bond donors (Lipinski definition) is 2. The normalized spacial score (nSPS) is 14.6. The molecule has 0 unspecified atom stereocenters. The summed E-state index contributed by atoms with van der Waals surface area (Å²) >= 11 is 0. The van der Waals surface area contributed by atoms with E-state index in [0.29, 0.717) is 6.54 Å². The number of carbonyl (C=O) groups excluding carboxylic acids is 1. The lowest BCUT2D eigenvalue weighted by atomic mass is 10.1. The first kappa shape index (κ1) is 16.6. The molecule has 0 atom stereocenters. The fourth-order valence-corrected chi connectivity index (χ4v) is 3.79. The van der Waals surface area contributed by atoms with Gasteiger partial charge in [-0.15, -0.1) is 0 Å². The van der Waals surface area contributed by atoms with Crippen molar-refractivity contribution in [3.05, 3.63) is 59.4 Å². The van der Waals surface area contributed by atoms with E-state index in [0.717, 1.165) is 46.6 Å². The molecular weight excluding hydrogens is 324 g/mol. The minimum Gasteiger partial charge on any atom is -0.358 e. The Bertz CT molecular complexity index is 925. The van der Waals surface area contributed by atoms with Crippen LogP contribution in [-0.4, -0.2) is 29.0 Å². The van der Waals surface area contributed by atoms with Gasteiger partial charge in [0.2, 0.25) is 0 Å². The number of piperidine rings is 1. The highest BCUT2D eigenvalue weighted by Gasteiger charge is 2.18. The molecule has 4 rings (SSSR count). The Labute approximate surface area is 153 Å². The third kappa shape index (κ3) is 3.17. The molecule has 134 valence electrons. The molecule has 1 aromatic carbocycles. The van der Waals surface area contributed by atoms with Crippen LogP contribution < -0.4 is 10.2 Å². The van der Waals surface area contributed by atoms with Crippen molar-refractivity contribution in [3.8, 4) is 0 Å². The molecule has 1 aliphatic heterocycles. The van der Waals surface area contributed by atoms with Crippen LogP contribution in [-0.2, 0) is 6.54 Å². The van der Waals surface area contributed by atoms with Gasteiger partial charge in [-0.25, -0.2) is 4.98 Å². The zero-order chi connectivity index (χ0) is 17.9. The highest BCUT2D eigenvalue weighted by atomic mass is 16.1. The molecule has 5 heteroatoms. The monoisotopic (exact) mass is 348 g/mol. The van der Waals surface area contributed by atoms with Crippen LogP contribution in [0.3, 0.4) is 0 Å². The fourth-order valence-electron chi connectivity index (χ4n) is 3.79. The van der Waals surface area contributed by atoms with Crippen molar-refractivity contribution < 1.29 is 4.79 Å². The molecule has 1 aliphatic rings. The predicted molar refractivity (Wildman–Crippen MR) is 105 cm³/mol. The summed E-state index contributed by atoms with van der Waals surface area (Å²) in [7, 11) is 0. The van der Waals surface area contributed by atoms with Crippen molar-refractivity contribution in [2.24, 2.45) is 0 Å². The summed E-state index contributed by atoms with van der Waals surface area (Å²) in [4.78, 5) is 23.0. The van der Waals surface area contributed by atoms with Crippen LogP contribution in [0.15, 0.2) is 42.6 Å². The van der Waals surface area contributed by atoms with Crippen LogP contribution in [0.4, 0.5) is 5.82 Å². The van der Waals surface area contributed by atoms with Crippen LogP contribution in [0.5, 0.6) is 0 Å². The fraction of sp³-hybridized carbons (Fsp3) is 0.333.